The maximum atomic E-state index is 3.87. The Balaban J connectivity index is 2.57. The highest BCUT2D eigenvalue weighted by molar-refractivity contribution is 4.90. The monoisotopic (exact) mass is 253 g/mol. The summed E-state index contributed by atoms with van der Waals surface area (Å²) in [5.74, 6) is 0.878. The molecule has 1 fully saturated rings. The van der Waals surface area contributed by atoms with Crippen LogP contribution >= 0.6 is 0 Å². The summed E-state index contributed by atoms with van der Waals surface area (Å²) in [6.45, 7) is 10.8. The summed E-state index contributed by atoms with van der Waals surface area (Å²) < 4.78 is 0. The van der Waals surface area contributed by atoms with Crippen LogP contribution < -0.4 is 5.32 Å². The highest BCUT2D eigenvalue weighted by Crippen LogP contribution is 2.41. The van der Waals surface area contributed by atoms with Crippen LogP contribution in [-0.2, 0) is 0 Å². The topological polar surface area (TPSA) is 12.0 Å². The first-order valence-electron chi connectivity index (χ1n) is 8.35. The SMILES string of the molecule is CCCNC(CC(C)CCC)C1(C)CCCCC1. The Bertz CT molecular complexity index is 206. The second-order valence-corrected chi connectivity index (χ2v) is 6.85. The summed E-state index contributed by atoms with van der Waals surface area (Å²) in [5.41, 5.74) is 0.565. The van der Waals surface area contributed by atoms with Crippen molar-refractivity contribution in [2.75, 3.05) is 6.54 Å². The molecule has 1 nitrogen and oxygen atoms in total. The van der Waals surface area contributed by atoms with Crippen molar-refractivity contribution in [1.82, 2.24) is 5.32 Å². The zero-order valence-corrected chi connectivity index (χ0v) is 13.2. The van der Waals surface area contributed by atoms with E-state index in [1.807, 2.05) is 0 Å². The fraction of sp³-hybridized carbons (Fsp3) is 1.00. The highest BCUT2D eigenvalue weighted by Gasteiger charge is 2.35. The molecule has 0 aromatic rings. The molecule has 2 unspecified atom stereocenters. The molecule has 0 aromatic heterocycles. The Morgan fingerprint density at radius 2 is 1.72 bits per heavy atom. The van der Waals surface area contributed by atoms with Crippen molar-refractivity contribution in [3.05, 3.63) is 0 Å². The second-order valence-electron chi connectivity index (χ2n) is 6.85. The lowest BCUT2D eigenvalue weighted by atomic mass is 9.68. The second kappa shape index (κ2) is 8.19. The minimum atomic E-state index is 0.565. The van der Waals surface area contributed by atoms with Crippen LogP contribution in [0.5, 0.6) is 0 Å². The third-order valence-electron chi connectivity index (χ3n) is 4.90. The van der Waals surface area contributed by atoms with Gasteiger partial charge in [-0.3, -0.25) is 0 Å². The zero-order chi connectivity index (χ0) is 13.4. The smallest absolute Gasteiger partial charge is 0.0123 e. The van der Waals surface area contributed by atoms with Crippen LogP contribution in [0.3, 0.4) is 0 Å². The number of hydrogen-bond donors (Lipinski definition) is 1. The van der Waals surface area contributed by atoms with E-state index in [9.17, 15) is 0 Å². The quantitative estimate of drug-likeness (QED) is 0.630. The van der Waals surface area contributed by atoms with Crippen LogP contribution in [0.15, 0.2) is 0 Å². The van der Waals surface area contributed by atoms with Crippen molar-refractivity contribution in [2.45, 2.75) is 91.5 Å². The van der Waals surface area contributed by atoms with Crippen molar-refractivity contribution >= 4 is 0 Å². The van der Waals surface area contributed by atoms with Crippen LogP contribution in [0.4, 0.5) is 0 Å². The van der Waals surface area contributed by atoms with Gasteiger partial charge in [0.1, 0.15) is 0 Å². The first-order valence-corrected chi connectivity index (χ1v) is 8.35. The summed E-state index contributed by atoms with van der Waals surface area (Å²) in [6, 6.07) is 0.749. The number of rotatable bonds is 8. The molecule has 18 heavy (non-hydrogen) atoms. The maximum Gasteiger partial charge on any atom is 0.0123 e. The largest absolute Gasteiger partial charge is 0.313 e. The molecule has 1 aliphatic carbocycles. The van der Waals surface area contributed by atoms with Crippen molar-refractivity contribution in [3.8, 4) is 0 Å². The fourth-order valence-electron chi connectivity index (χ4n) is 3.65. The molecule has 0 heterocycles. The Morgan fingerprint density at radius 3 is 2.28 bits per heavy atom. The Labute approximate surface area is 115 Å². The van der Waals surface area contributed by atoms with E-state index >= 15 is 0 Å². The van der Waals surface area contributed by atoms with Crippen molar-refractivity contribution < 1.29 is 0 Å². The van der Waals surface area contributed by atoms with Crippen LogP contribution in [0, 0.1) is 11.3 Å². The van der Waals surface area contributed by atoms with Crippen LogP contribution in [-0.4, -0.2) is 12.6 Å². The first kappa shape index (κ1) is 16.0. The van der Waals surface area contributed by atoms with E-state index in [-0.39, 0.29) is 0 Å². The van der Waals surface area contributed by atoms with Gasteiger partial charge in [0, 0.05) is 6.04 Å². The Morgan fingerprint density at radius 1 is 1.06 bits per heavy atom. The van der Waals surface area contributed by atoms with Crippen LogP contribution in [0.25, 0.3) is 0 Å². The van der Waals surface area contributed by atoms with E-state index in [0.29, 0.717) is 5.41 Å². The molecule has 2 atom stereocenters. The van der Waals surface area contributed by atoms with E-state index in [1.165, 1.54) is 64.3 Å². The molecule has 1 rings (SSSR count). The number of nitrogens with one attached hydrogen (secondary N) is 1. The van der Waals surface area contributed by atoms with Gasteiger partial charge < -0.3 is 5.32 Å². The van der Waals surface area contributed by atoms with E-state index in [4.69, 9.17) is 0 Å². The van der Waals surface area contributed by atoms with Gasteiger partial charge in [0.15, 0.2) is 0 Å². The summed E-state index contributed by atoms with van der Waals surface area (Å²) in [4.78, 5) is 0. The van der Waals surface area contributed by atoms with E-state index in [2.05, 4.69) is 33.0 Å². The van der Waals surface area contributed by atoms with Gasteiger partial charge in [-0.25, -0.2) is 0 Å². The first-order chi connectivity index (χ1) is 8.62. The summed E-state index contributed by atoms with van der Waals surface area (Å²) in [7, 11) is 0. The molecule has 1 N–H and O–H groups in total. The normalized spacial score (nSPS) is 22.7. The molecular weight excluding hydrogens is 218 g/mol. The standard InChI is InChI=1S/C17H35N/c1-5-10-15(3)14-16(18-13-6-2)17(4)11-8-7-9-12-17/h15-16,18H,5-14H2,1-4H3. The molecule has 1 saturated carbocycles. The van der Waals surface area contributed by atoms with Gasteiger partial charge in [-0.15, -0.1) is 0 Å². The third-order valence-corrected chi connectivity index (χ3v) is 4.90. The van der Waals surface area contributed by atoms with Crippen LogP contribution in [0.2, 0.25) is 0 Å². The molecule has 0 saturated heterocycles. The lowest BCUT2D eigenvalue weighted by Crippen LogP contribution is -2.46. The number of hydrogen-bond acceptors (Lipinski definition) is 1. The van der Waals surface area contributed by atoms with Crippen LogP contribution in [0.1, 0.15) is 85.5 Å². The lowest BCUT2D eigenvalue weighted by molar-refractivity contribution is 0.125. The average Bonchev–Trinajstić information content (AvgIpc) is 2.35. The van der Waals surface area contributed by atoms with Gasteiger partial charge in [0.25, 0.3) is 0 Å². The summed E-state index contributed by atoms with van der Waals surface area (Å²) >= 11 is 0. The highest BCUT2D eigenvalue weighted by atomic mass is 14.9. The van der Waals surface area contributed by atoms with Gasteiger partial charge in [-0.05, 0) is 43.6 Å². The van der Waals surface area contributed by atoms with E-state index in [1.54, 1.807) is 0 Å². The van der Waals surface area contributed by atoms with Crippen molar-refractivity contribution in [3.63, 3.8) is 0 Å². The molecule has 1 aliphatic rings. The molecule has 0 aromatic carbocycles. The minimum Gasteiger partial charge on any atom is -0.313 e. The third kappa shape index (κ3) is 4.91. The van der Waals surface area contributed by atoms with Gasteiger partial charge >= 0.3 is 0 Å². The van der Waals surface area contributed by atoms with E-state index in [0.717, 1.165) is 12.0 Å². The molecule has 0 spiro atoms. The molecule has 0 bridgehead atoms. The predicted molar refractivity (Wildman–Crippen MR) is 82.0 cm³/mol. The minimum absolute atomic E-state index is 0.565. The fourth-order valence-corrected chi connectivity index (χ4v) is 3.65. The molecule has 0 aliphatic heterocycles. The maximum absolute atomic E-state index is 3.87. The molecule has 1 heteroatoms. The Hall–Kier alpha value is -0.0400. The lowest BCUT2D eigenvalue weighted by Gasteiger charge is -2.42. The van der Waals surface area contributed by atoms with Crippen molar-refractivity contribution in [1.29, 1.82) is 0 Å². The Kier molecular flexibility index (Phi) is 7.29. The molecule has 0 radical (unpaired) electrons. The van der Waals surface area contributed by atoms with Gasteiger partial charge in [0.2, 0.25) is 0 Å². The molecule has 0 amide bonds. The average molecular weight is 253 g/mol. The van der Waals surface area contributed by atoms with Gasteiger partial charge in [-0.2, -0.15) is 0 Å². The van der Waals surface area contributed by atoms with Gasteiger partial charge in [0.05, 0.1) is 0 Å². The van der Waals surface area contributed by atoms with Crippen molar-refractivity contribution in [2.24, 2.45) is 11.3 Å². The zero-order valence-electron chi connectivity index (χ0n) is 13.2. The molecule has 108 valence electrons. The molecular formula is C17H35N. The van der Waals surface area contributed by atoms with E-state index < -0.39 is 0 Å². The van der Waals surface area contributed by atoms with Gasteiger partial charge in [-0.1, -0.05) is 59.8 Å². The summed E-state index contributed by atoms with van der Waals surface area (Å²) in [5, 5.41) is 3.87. The summed E-state index contributed by atoms with van der Waals surface area (Å²) in [6.07, 6.45) is 12.6. The predicted octanol–water partition coefficient (Wildman–Crippen LogP) is 5.15.